The Balaban J connectivity index is 1.21. The van der Waals surface area contributed by atoms with E-state index in [1.165, 1.54) is 6.33 Å². The second-order valence-corrected chi connectivity index (χ2v) is 11.2. The highest BCUT2D eigenvalue weighted by Gasteiger charge is 2.45. The molecule has 4 aromatic heterocycles. The van der Waals surface area contributed by atoms with Gasteiger partial charge in [-0.15, -0.1) is 10.2 Å². The van der Waals surface area contributed by atoms with Crippen LogP contribution < -0.4 is 5.73 Å². The molecule has 7 rings (SSSR count). The number of carbonyl (C=O) groups is 1. The van der Waals surface area contributed by atoms with E-state index < -0.39 is 5.60 Å². The highest BCUT2D eigenvalue weighted by Crippen LogP contribution is 2.46. The van der Waals surface area contributed by atoms with Gasteiger partial charge in [0.25, 0.3) is 5.91 Å². The smallest absolute Gasteiger partial charge is 0.292 e. The molecule has 190 valence electrons. The molecular weight excluding hydrogens is 538 g/mol. The van der Waals surface area contributed by atoms with E-state index in [-0.39, 0.29) is 29.7 Å². The zero-order valence-electron chi connectivity index (χ0n) is 20.0. The molecule has 2 saturated heterocycles. The molecule has 6 heterocycles. The quantitative estimate of drug-likeness (QED) is 0.342. The number of amides is 1. The van der Waals surface area contributed by atoms with Gasteiger partial charge in [0.15, 0.2) is 5.65 Å². The molecule has 12 heteroatoms. The summed E-state index contributed by atoms with van der Waals surface area (Å²) in [7, 11) is 0. The maximum atomic E-state index is 13.1. The fourth-order valence-corrected chi connectivity index (χ4v) is 6.83. The molecule has 3 fully saturated rings. The third-order valence-electron chi connectivity index (χ3n) is 8.35. The number of aliphatic hydroxyl groups is 1. The van der Waals surface area contributed by atoms with Crippen molar-refractivity contribution in [2.24, 2.45) is 0 Å². The van der Waals surface area contributed by atoms with Gasteiger partial charge in [-0.25, -0.2) is 4.98 Å². The molecule has 3 atom stereocenters. The molecule has 4 aromatic rings. The zero-order valence-corrected chi connectivity index (χ0v) is 21.6. The van der Waals surface area contributed by atoms with Gasteiger partial charge in [0.2, 0.25) is 5.82 Å². The summed E-state index contributed by atoms with van der Waals surface area (Å²) >= 11 is 3.69. The largest absolute Gasteiger partial charge is 0.384 e. The van der Waals surface area contributed by atoms with Crippen LogP contribution in [0.3, 0.4) is 0 Å². The van der Waals surface area contributed by atoms with Crippen molar-refractivity contribution in [1.82, 2.24) is 39.7 Å². The lowest BCUT2D eigenvalue weighted by Gasteiger charge is -2.38. The minimum Gasteiger partial charge on any atom is -0.384 e. The highest BCUT2D eigenvalue weighted by atomic mass is 79.9. The van der Waals surface area contributed by atoms with Crippen molar-refractivity contribution in [2.45, 2.75) is 68.5 Å². The molecule has 2 aliphatic heterocycles. The topological polar surface area (TPSA) is 151 Å². The van der Waals surface area contributed by atoms with Crippen molar-refractivity contribution in [1.29, 1.82) is 0 Å². The Hall–Kier alpha value is -3.38. The highest BCUT2D eigenvalue weighted by molar-refractivity contribution is 9.10. The lowest BCUT2D eigenvalue weighted by atomic mass is 9.77. The van der Waals surface area contributed by atoms with Crippen LogP contribution in [0, 0.1) is 0 Å². The maximum Gasteiger partial charge on any atom is 0.292 e. The normalized spacial score (nSPS) is 24.4. The van der Waals surface area contributed by atoms with E-state index in [4.69, 9.17) is 10.7 Å². The van der Waals surface area contributed by atoms with Gasteiger partial charge >= 0.3 is 0 Å². The number of aromatic nitrogens is 7. The van der Waals surface area contributed by atoms with Gasteiger partial charge in [-0.3, -0.25) is 9.78 Å². The summed E-state index contributed by atoms with van der Waals surface area (Å²) in [5.41, 5.74) is 9.70. The number of aromatic amines is 1. The van der Waals surface area contributed by atoms with E-state index in [2.05, 4.69) is 41.2 Å². The predicted molar refractivity (Wildman–Crippen MR) is 137 cm³/mol. The minimum absolute atomic E-state index is 0.0916. The predicted octanol–water partition coefficient (Wildman–Crippen LogP) is 3.18. The second-order valence-electron chi connectivity index (χ2n) is 10.4. The number of nitrogens with two attached hydrogens (primary N) is 1. The summed E-state index contributed by atoms with van der Waals surface area (Å²) in [6.45, 7) is 0. The van der Waals surface area contributed by atoms with Gasteiger partial charge in [0.05, 0.1) is 22.1 Å². The summed E-state index contributed by atoms with van der Waals surface area (Å²) < 4.78 is 2.39. The number of H-pyrrole nitrogens is 1. The van der Waals surface area contributed by atoms with Crippen LogP contribution in [-0.2, 0) is 5.60 Å². The SMILES string of the molecule is Nc1c(Br)c([C@H]2C[C@H]3CC[C@@H](C2)N3C(=O)c2nnc[nH]2)nc2c(-c3ccc(C4(O)CCC4)nc3)cnn12. The van der Waals surface area contributed by atoms with Crippen molar-refractivity contribution in [3.05, 3.63) is 52.5 Å². The Labute approximate surface area is 220 Å². The monoisotopic (exact) mass is 563 g/mol. The summed E-state index contributed by atoms with van der Waals surface area (Å²) in [6, 6.07) is 4.08. The van der Waals surface area contributed by atoms with Crippen molar-refractivity contribution in [3.63, 3.8) is 0 Å². The average molecular weight is 564 g/mol. The summed E-state index contributed by atoms with van der Waals surface area (Å²) in [6.07, 6.45) is 11.0. The second kappa shape index (κ2) is 8.32. The first-order valence-corrected chi connectivity index (χ1v) is 13.4. The zero-order chi connectivity index (χ0) is 25.3. The third-order valence-corrected chi connectivity index (χ3v) is 9.17. The number of nitrogens with one attached hydrogen (secondary N) is 1. The van der Waals surface area contributed by atoms with Crippen molar-refractivity contribution >= 4 is 33.3 Å². The van der Waals surface area contributed by atoms with Crippen molar-refractivity contribution in [2.75, 3.05) is 5.73 Å². The third kappa shape index (κ3) is 3.49. The summed E-state index contributed by atoms with van der Waals surface area (Å²) in [5.74, 6) is 0.834. The Morgan fingerprint density at radius 1 is 1.19 bits per heavy atom. The first-order valence-electron chi connectivity index (χ1n) is 12.6. The first kappa shape index (κ1) is 22.8. The molecule has 0 spiro atoms. The summed E-state index contributed by atoms with van der Waals surface area (Å²) in [5, 5.41) is 22.8. The van der Waals surface area contributed by atoms with Gasteiger partial charge in [-0.1, -0.05) is 6.07 Å². The number of halogens is 1. The van der Waals surface area contributed by atoms with E-state index in [0.29, 0.717) is 17.2 Å². The van der Waals surface area contributed by atoms with E-state index >= 15 is 0 Å². The number of fused-ring (bicyclic) bond motifs is 3. The average Bonchev–Trinajstić information content (AvgIpc) is 3.63. The fourth-order valence-electron chi connectivity index (χ4n) is 6.25. The van der Waals surface area contributed by atoms with E-state index in [1.807, 2.05) is 17.0 Å². The van der Waals surface area contributed by atoms with Crippen LogP contribution in [0.15, 0.2) is 35.3 Å². The van der Waals surface area contributed by atoms with Crippen LogP contribution in [0.25, 0.3) is 16.8 Å². The molecule has 3 aliphatic rings. The number of rotatable bonds is 4. The molecule has 0 unspecified atom stereocenters. The number of hydrogen-bond acceptors (Lipinski definition) is 8. The minimum atomic E-state index is -0.802. The van der Waals surface area contributed by atoms with Crippen LogP contribution in [0.4, 0.5) is 5.82 Å². The maximum absolute atomic E-state index is 13.1. The Morgan fingerprint density at radius 3 is 2.59 bits per heavy atom. The molecule has 11 nitrogen and oxygen atoms in total. The molecule has 1 amide bonds. The van der Waals surface area contributed by atoms with Gasteiger partial charge < -0.3 is 20.7 Å². The summed E-state index contributed by atoms with van der Waals surface area (Å²) in [4.78, 5) is 27.5. The molecule has 4 N–H and O–H groups in total. The van der Waals surface area contributed by atoms with Crippen LogP contribution in [0.1, 0.15) is 72.9 Å². The lowest BCUT2D eigenvalue weighted by Crippen LogP contribution is -2.46. The number of pyridine rings is 1. The lowest BCUT2D eigenvalue weighted by molar-refractivity contribution is -0.0426. The number of piperidine rings is 1. The molecule has 37 heavy (non-hydrogen) atoms. The molecule has 1 saturated carbocycles. The Bertz CT molecular complexity index is 1480. The standard InChI is InChI=1S/C25H26BrN9O2/c26-19-20(14-8-15-3-4-16(9-14)34(15)24(36)22-29-12-30-33-22)32-23-17(11-31-35(23)21(19)27)13-2-5-18(28-10-13)25(37)6-1-7-25/h2,5,10-12,14-16,37H,1,3-4,6-9,27H2,(H,29,30,33)/t14-,15+,16-. The van der Waals surface area contributed by atoms with Crippen molar-refractivity contribution in [3.8, 4) is 11.1 Å². The number of anilines is 1. The fraction of sp³-hybridized carbons (Fsp3) is 0.440. The van der Waals surface area contributed by atoms with Gasteiger partial charge in [0.1, 0.15) is 17.7 Å². The number of carbonyl (C=O) groups excluding carboxylic acids is 1. The first-order chi connectivity index (χ1) is 17.9. The van der Waals surface area contributed by atoms with E-state index in [1.54, 1.807) is 16.9 Å². The van der Waals surface area contributed by atoms with Crippen LogP contribution >= 0.6 is 15.9 Å². The molecule has 2 bridgehead atoms. The van der Waals surface area contributed by atoms with Crippen LogP contribution in [0.2, 0.25) is 0 Å². The molecule has 0 radical (unpaired) electrons. The van der Waals surface area contributed by atoms with Gasteiger partial charge in [-0.05, 0) is 66.9 Å². The number of nitrogen functional groups attached to an aromatic ring is 1. The van der Waals surface area contributed by atoms with E-state index in [0.717, 1.165) is 66.2 Å². The Kier molecular flexibility index (Phi) is 5.12. The van der Waals surface area contributed by atoms with Crippen LogP contribution in [-0.4, -0.2) is 62.8 Å². The number of hydrogen-bond donors (Lipinski definition) is 3. The molecular formula is C25H26BrN9O2. The molecule has 0 aromatic carbocycles. The molecule has 1 aliphatic carbocycles. The van der Waals surface area contributed by atoms with Crippen molar-refractivity contribution < 1.29 is 9.90 Å². The number of nitrogens with zero attached hydrogens (tertiary/aromatic N) is 7. The van der Waals surface area contributed by atoms with Gasteiger partial charge in [-0.2, -0.15) is 9.61 Å². The van der Waals surface area contributed by atoms with E-state index in [9.17, 15) is 9.90 Å². The van der Waals surface area contributed by atoms with Gasteiger partial charge in [0, 0.05) is 35.3 Å². The Morgan fingerprint density at radius 2 is 1.97 bits per heavy atom. The van der Waals surface area contributed by atoms with Crippen LogP contribution in [0.5, 0.6) is 0 Å².